The molecule has 0 aliphatic carbocycles. The Morgan fingerprint density at radius 2 is 1.86 bits per heavy atom. The van der Waals surface area contributed by atoms with Crippen LogP contribution in [0.15, 0.2) is 34.2 Å². The summed E-state index contributed by atoms with van der Waals surface area (Å²) in [5.41, 5.74) is 0.706. The van der Waals surface area contributed by atoms with Crippen LogP contribution in [-0.2, 0) is 11.3 Å². The summed E-state index contributed by atoms with van der Waals surface area (Å²) in [6.07, 6.45) is 0.874. The summed E-state index contributed by atoms with van der Waals surface area (Å²) in [6.45, 7) is 11.0. The van der Waals surface area contributed by atoms with Crippen molar-refractivity contribution < 1.29 is 4.79 Å². The van der Waals surface area contributed by atoms with Gasteiger partial charge in [0.25, 0.3) is 5.56 Å². The molecule has 1 atom stereocenters. The Morgan fingerprint density at radius 3 is 2.55 bits per heavy atom. The Morgan fingerprint density at radius 1 is 1.14 bits per heavy atom. The molecule has 8 heteroatoms. The summed E-state index contributed by atoms with van der Waals surface area (Å²) >= 11 is 1.33. The Bertz CT molecular complexity index is 1070. The van der Waals surface area contributed by atoms with E-state index in [2.05, 4.69) is 43.2 Å². The van der Waals surface area contributed by atoms with E-state index >= 15 is 0 Å². The first kappa shape index (κ1) is 21.4. The summed E-state index contributed by atoms with van der Waals surface area (Å²) in [6, 6.07) is 7.59. The van der Waals surface area contributed by atoms with Crippen molar-refractivity contribution in [3.05, 3.63) is 34.6 Å². The van der Waals surface area contributed by atoms with E-state index in [1.165, 1.54) is 11.8 Å². The number of hydrogen-bond donors (Lipinski definition) is 1. The summed E-state index contributed by atoms with van der Waals surface area (Å²) in [4.78, 5) is 25.3. The van der Waals surface area contributed by atoms with Crippen LogP contribution < -0.4 is 10.9 Å². The molecular formula is C21H29N5O2S. The van der Waals surface area contributed by atoms with Crippen molar-refractivity contribution in [2.45, 2.75) is 58.8 Å². The highest BCUT2D eigenvalue weighted by atomic mass is 32.2. The van der Waals surface area contributed by atoms with Gasteiger partial charge in [-0.15, -0.1) is 10.2 Å². The van der Waals surface area contributed by atoms with Gasteiger partial charge in [-0.1, -0.05) is 51.6 Å². The van der Waals surface area contributed by atoms with Crippen molar-refractivity contribution in [3.63, 3.8) is 0 Å². The fraction of sp³-hybridized carbons (Fsp3) is 0.524. The fourth-order valence-electron chi connectivity index (χ4n) is 3.01. The summed E-state index contributed by atoms with van der Waals surface area (Å²) < 4.78 is 3.58. The average Bonchev–Trinajstić information content (AvgIpc) is 3.10. The maximum Gasteiger partial charge on any atom is 0.262 e. The third-order valence-corrected chi connectivity index (χ3v) is 6.06. The molecule has 3 aromatic rings. The normalized spacial score (nSPS) is 12.9. The largest absolute Gasteiger partial charge is 0.353 e. The SMILES string of the molecule is CC(C)CCn1c(=O)c2ccccc2n2c(SCC(=O)N[C@@H](C)C(C)C)nnc12. The highest BCUT2D eigenvalue weighted by molar-refractivity contribution is 7.99. The minimum atomic E-state index is -0.0544. The van der Waals surface area contributed by atoms with Crippen LogP contribution in [-0.4, -0.2) is 36.9 Å². The minimum absolute atomic E-state index is 0.0367. The van der Waals surface area contributed by atoms with Gasteiger partial charge < -0.3 is 5.32 Å². The Hall–Kier alpha value is -2.35. The Balaban J connectivity index is 1.97. The number of rotatable bonds is 8. The van der Waals surface area contributed by atoms with E-state index in [0.717, 1.165) is 11.9 Å². The number of hydrogen-bond acceptors (Lipinski definition) is 5. The molecule has 0 saturated carbocycles. The molecule has 0 saturated heterocycles. The number of thioether (sulfide) groups is 1. The van der Waals surface area contributed by atoms with E-state index in [9.17, 15) is 9.59 Å². The lowest BCUT2D eigenvalue weighted by Crippen LogP contribution is -2.37. The molecule has 0 unspecified atom stereocenters. The molecule has 7 nitrogen and oxygen atoms in total. The second-order valence-electron chi connectivity index (χ2n) is 8.16. The van der Waals surface area contributed by atoms with E-state index in [1.807, 2.05) is 35.6 Å². The van der Waals surface area contributed by atoms with E-state index in [-0.39, 0.29) is 23.3 Å². The third-order valence-electron chi connectivity index (χ3n) is 5.13. The number of fused-ring (bicyclic) bond motifs is 3. The van der Waals surface area contributed by atoms with Crippen molar-refractivity contribution in [2.24, 2.45) is 11.8 Å². The number of aromatic nitrogens is 4. The first-order valence-corrected chi connectivity index (χ1v) is 11.1. The zero-order valence-electron chi connectivity index (χ0n) is 17.7. The number of para-hydroxylation sites is 1. The molecule has 1 amide bonds. The van der Waals surface area contributed by atoms with Crippen molar-refractivity contribution in [2.75, 3.05) is 5.75 Å². The summed E-state index contributed by atoms with van der Waals surface area (Å²) in [7, 11) is 0. The molecule has 0 aliphatic heterocycles. The van der Waals surface area contributed by atoms with Crippen molar-refractivity contribution in [1.29, 1.82) is 0 Å². The molecule has 2 aromatic heterocycles. The second kappa shape index (κ2) is 8.98. The Kier molecular flexibility index (Phi) is 6.62. The second-order valence-corrected chi connectivity index (χ2v) is 9.11. The molecule has 1 N–H and O–H groups in total. The predicted octanol–water partition coefficient (Wildman–Crippen LogP) is 3.34. The lowest BCUT2D eigenvalue weighted by Gasteiger charge is -2.17. The van der Waals surface area contributed by atoms with Crippen LogP contribution in [0.25, 0.3) is 16.7 Å². The number of aryl methyl sites for hydroxylation is 1. The summed E-state index contributed by atoms with van der Waals surface area (Å²) in [5, 5.41) is 12.8. The van der Waals surface area contributed by atoms with Crippen molar-refractivity contribution >= 4 is 34.3 Å². The average molecular weight is 416 g/mol. The molecule has 2 heterocycles. The predicted molar refractivity (Wildman–Crippen MR) is 117 cm³/mol. The maximum atomic E-state index is 13.0. The van der Waals surface area contributed by atoms with Crippen LogP contribution in [0.4, 0.5) is 0 Å². The van der Waals surface area contributed by atoms with Gasteiger partial charge >= 0.3 is 0 Å². The van der Waals surface area contributed by atoms with Crippen LogP contribution in [0.2, 0.25) is 0 Å². The molecule has 0 aliphatic rings. The van der Waals surface area contributed by atoms with E-state index in [1.54, 1.807) is 4.57 Å². The standard InChI is InChI=1S/C21H29N5O2S/c1-13(2)10-11-25-19(28)16-8-6-7-9-17(16)26-20(25)23-24-21(26)29-12-18(27)22-15(5)14(3)4/h6-9,13-15H,10-12H2,1-5H3,(H,22,27)/t15-/m0/s1. The zero-order valence-corrected chi connectivity index (χ0v) is 18.5. The molecule has 0 spiro atoms. The topological polar surface area (TPSA) is 81.3 Å². The van der Waals surface area contributed by atoms with Gasteiger partial charge in [-0.2, -0.15) is 0 Å². The molecule has 3 rings (SSSR count). The van der Waals surface area contributed by atoms with Crippen LogP contribution in [0.3, 0.4) is 0 Å². The van der Waals surface area contributed by atoms with Gasteiger partial charge in [-0.25, -0.2) is 0 Å². The van der Waals surface area contributed by atoms with Gasteiger partial charge in [0.05, 0.1) is 16.7 Å². The molecule has 0 bridgehead atoms. The number of carbonyl (C=O) groups excluding carboxylic acids is 1. The highest BCUT2D eigenvalue weighted by Crippen LogP contribution is 2.22. The smallest absolute Gasteiger partial charge is 0.262 e. The fourth-order valence-corrected chi connectivity index (χ4v) is 3.76. The quantitative estimate of drug-likeness (QED) is 0.571. The monoisotopic (exact) mass is 415 g/mol. The number of nitrogens with zero attached hydrogens (tertiary/aromatic N) is 4. The molecule has 0 fully saturated rings. The van der Waals surface area contributed by atoms with Gasteiger partial charge in [0, 0.05) is 12.6 Å². The maximum absolute atomic E-state index is 13.0. The lowest BCUT2D eigenvalue weighted by atomic mass is 10.1. The van der Waals surface area contributed by atoms with Crippen LogP contribution in [0.5, 0.6) is 0 Å². The molecule has 156 valence electrons. The van der Waals surface area contributed by atoms with Crippen LogP contribution in [0, 0.1) is 11.8 Å². The molecular weight excluding hydrogens is 386 g/mol. The highest BCUT2D eigenvalue weighted by Gasteiger charge is 2.18. The van der Waals surface area contributed by atoms with Gasteiger partial charge in [-0.3, -0.25) is 18.6 Å². The van der Waals surface area contributed by atoms with Gasteiger partial charge in [0.15, 0.2) is 5.16 Å². The molecule has 0 radical (unpaired) electrons. The number of carbonyl (C=O) groups is 1. The van der Waals surface area contributed by atoms with Crippen LogP contribution >= 0.6 is 11.8 Å². The minimum Gasteiger partial charge on any atom is -0.353 e. The lowest BCUT2D eigenvalue weighted by molar-refractivity contribution is -0.119. The van der Waals surface area contributed by atoms with Gasteiger partial charge in [0.1, 0.15) is 0 Å². The number of amides is 1. The summed E-state index contributed by atoms with van der Waals surface area (Å²) in [5.74, 6) is 1.57. The first-order chi connectivity index (χ1) is 13.8. The van der Waals surface area contributed by atoms with Gasteiger partial charge in [-0.05, 0) is 37.3 Å². The zero-order chi connectivity index (χ0) is 21.1. The van der Waals surface area contributed by atoms with Crippen molar-refractivity contribution in [3.8, 4) is 0 Å². The Labute approximate surface area is 174 Å². The first-order valence-electron chi connectivity index (χ1n) is 10.1. The van der Waals surface area contributed by atoms with Crippen molar-refractivity contribution in [1.82, 2.24) is 24.5 Å². The van der Waals surface area contributed by atoms with E-state index < -0.39 is 0 Å². The molecule has 1 aromatic carbocycles. The third kappa shape index (κ3) is 4.63. The molecule has 29 heavy (non-hydrogen) atoms. The van der Waals surface area contributed by atoms with Crippen LogP contribution in [0.1, 0.15) is 41.0 Å². The number of benzene rings is 1. The number of nitrogens with one attached hydrogen (secondary N) is 1. The van der Waals surface area contributed by atoms with E-state index in [0.29, 0.717) is 34.7 Å². The van der Waals surface area contributed by atoms with E-state index in [4.69, 9.17) is 0 Å². The van der Waals surface area contributed by atoms with Gasteiger partial charge in [0.2, 0.25) is 11.7 Å².